The van der Waals surface area contributed by atoms with Crippen molar-refractivity contribution < 1.29 is 4.79 Å². The van der Waals surface area contributed by atoms with E-state index in [1.165, 1.54) is 0 Å². The van der Waals surface area contributed by atoms with Crippen molar-refractivity contribution in [1.29, 1.82) is 0 Å². The van der Waals surface area contributed by atoms with Crippen LogP contribution in [0.1, 0.15) is 16.2 Å². The van der Waals surface area contributed by atoms with Gasteiger partial charge in [0.1, 0.15) is 11.6 Å². The number of anilines is 1. The Morgan fingerprint density at radius 1 is 0.967 bits per heavy atom. The summed E-state index contributed by atoms with van der Waals surface area (Å²) in [6.45, 7) is 4.79. The lowest BCUT2D eigenvalue weighted by molar-refractivity contribution is 0.0746. The molecule has 0 saturated carbocycles. The zero-order valence-corrected chi connectivity index (χ0v) is 16.8. The predicted molar refractivity (Wildman–Crippen MR) is 116 cm³/mol. The standard InChI is InChI=1S/C23H22N6O/c1-17-26-20-15-18(7-8-21(20)29(17)19-5-3-2-4-6-19)23(30)28-13-11-27(12-14-28)22-16-24-9-10-25-22/h2-10,15-16H,11-14H2,1H3. The fourth-order valence-electron chi connectivity index (χ4n) is 4.01. The lowest BCUT2D eigenvalue weighted by Gasteiger charge is -2.35. The highest BCUT2D eigenvalue weighted by molar-refractivity contribution is 5.97. The van der Waals surface area contributed by atoms with Gasteiger partial charge in [0.15, 0.2) is 0 Å². The van der Waals surface area contributed by atoms with Gasteiger partial charge >= 0.3 is 0 Å². The molecule has 7 heteroatoms. The Labute approximate surface area is 174 Å². The topological polar surface area (TPSA) is 67.2 Å². The summed E-state index contributed by atoms with van der Waals surface area (Å²) in [5.41, 5.74) is 3.58. The number of carbonyl (C=O) groups is 1. The molecule has 0 spiro atoms. The summed E-state index contributed by atoms with van der Waals surface area (Å²) in [6, 6.07) is 15.9. The minimum atomic E-state index is 0.0441. The lowest BCUT2D eigenvalue weighted by Crippen LogP contribution is -2.49. The van der Waals surface area contributed by atoms with E-state index in [-0.39, 0.29) is 5.91 Å². The van der Waals surface area contributed by atoms with Crippen molar-refractivity contribution in [3.8, 4) is 5.69 Å². The maximum Gasteiger partial charge on any atom is 0.254 e. The van der Waals surface area contributed by atoms with E-state index in [2.05, 4.69) is 31.6 Å². The second-order valence-corrected chi connectivity index (χ2v) is 7.38. The van der Waals surface area contributed by atoms with E-state index in [1.54, 1.807) is 18.6 Å². The average Bonchev–Trinajstić information content (AvgIpc) is 3.14. The summed E-state index contributed by atoms with van der Waals surface area (Å²) in [6.07, 6.45) is 5.12. The highest BCUT2D eigenvalue weighted by Gasteiger charge is 2.23. The number of aryl methyl sites for hydroxylation is 1. The zero-order valence-electron chi connectivity index (χ0n) is 16.8. The highest BCUT2D eigenvalue weighted by atomic mass is 16.2. The van der Waals surface area contributed by atoms with E-state index < -0.39 is 0 Å². The number of carbonyl (C=O) groups excluding carboxylic acids is 1. The van der Waals surface area contributed by atoms with Gasteiger partial charge in [-0.25, -0.2) is 9.97 Å². The van der Waals surface area contributed by atoms with Crippen LogP contribution in [0.2, 0.25) is 0 Å². The summed E-state index contributed by atoms with van der Waals surface area (Å²) >= 11 is 0. The minimum Gasteiger partial charge on any atom is -0.352 e. The zero-order chi connectivity index (χ0) is 20.5. The summed E-state index contributed by atoms with van der Waals surface area (Å²) in [7, 11) is 0. The molecule has 3 heterocycles. The average molecular weight is 398 g/mol. The Morgan fingerprint density at radius 2 is 1.77 bits per heavy atom. The number of hydrogen-bond acceptors (Lipinski definition) is 5. The van der Waals surface area contributed by atoms with Crippen molar-refractivity contribution in [2.75, 3.05) is 31.1 Å². The van der Waals surface area contributed by atoms with Gasteiger partial charge in [-0.05, 0) is 37.3 Å². The monoisotopic (exact) mass is 398 g/mol. The SMILES string of the molecule is Cc1nc2cc(C(=O)N3CCN(c4cnccn4)CC3)ccc2n1-c1ccccc1. The molecule has 30 heavy (non-hydrogen) atoms. The number of nitrogens with zero attached hydrogens (tertiary/aromatic N) is 6. The van der Waals surface area contributed by atoms with Crippen LogP contribution in [0.4, 0.5) is 5.82 Å². The van der Waals surface area contributed by atoms with Crippen molar-refractivity contribution in [2.24, 2.45) is 0 Å². The van der Waals surface area contributed by atoms with Gasteiger partial charge in [-0.3, -0.25) is 14.3 Å². The van der Waals surface area contributed by atoms with Gasteiger partial charge in [0.05, 0.1) is 17.2 Å². The summed E-state index contributed by atoms with van der Waals surface area (Å²) < 4.78 is 2.11. The molecular weight excluding hydrogens is 376 g/mol. The van der Waals surface area contributed by atoms with Gasteiger partial charge in [-0.15, -0.1) is 0 Å². The molecule has 0 bridgehead atoms. The molecule has 1 saturated heterocycles. The first kappa shape index (κ1) is 18.3. The van der Waals surface area contributed by atoms with E-state index in [1.807, 2.05) is 48.2 Å². The van der Waals surface area contributed by atoms with E-state index in [4.69, 9.17) is 4.98 Å². The molecule has 2 aromatic heterocycles. The van der Waals surface area contributed by atoms with Crippen LogP contribution < -0.4 is 4.90 Å². The molecule has 0 aliphatic carbocycles. The van der Waals surface area contributed by atoms with Gasteiger partial charge in [0.25, 0.3) is 5.91 Å². The van der Waals surface area contributed by atoms with Gasteiger partial charge in [0, 0.05) is 49.8 Å². The maximum atomic E-state index is 13.1. The van der Waals surface area contributed by atoms with Crippen LogP contribution in [0, 0.1) is 6.92 Å². The first-order valence-electron chi connectivity index (χ1n) is 10.1. The normalized spacial score (nSPS) is 14.3. The molecule has 1 aliphatic rings. The Hall–Kier alpha value is -3.74. The Balaban J connectivity index is 1.36. The van der Waals surface area contributed by atoms with Crippen LogP contribution in [-0.2, 0) is 0 Å². The van der Waals surface area contributed by atoms with Crippen LogP contribution in [0.5, 0.6) is 0 Å². The number of aromatic nitrogens is 4. The van der Waals surface area contributed by atoms with Crippen LogP contribution in [0.3, 0.4) is 0 Å². The van der Waals surface area contributed by atoms with Gasteiger partial charge in [0.2, 0.25) is 0 Å². The third kappa shape index (κ3) is 3.28. The van der Waals surface area contributed by atoms with Crippen molar-refractivity contribution in [3.05, 3.63) is 78.5 Å². The molecule has 0 radical (unpaired) electrons. The molecule has 1 fully saturated rings. The number of piperazine rings is 1. The third-order valence-electron chi connectivity index (χ3n) is 5.52. The van der Waals surface area contributed by atoms with Gasteiger partial charge < -0.3 is 9.80 Å². The fraction of sp³-hybridized carbons (Fsp3) is 0.217. The van der Waals surface area contributed by atoms with Gasteiger partial charge in [-0.1, -0.05) is 18.2 Å². The molecule has 1 aliphatic heterocycles. The Morgan fingerprint density at radius 3 is 2.50 bits per heavy atom. The second kappa shape index (κ2) is 7.59. The largest absolute Gasteiger partial charge is 0.352 e. The molecule has 7 nitrogen and oxygen atoms in total. The number of benzene rings is 2. The molecule has 0 atom stereocenters. The summed E-state index contributed by atoms with van der Waals surface area (Å²) in [4.78, 5) is 30.3. The summed E-state index contributed by atoms with van der Waals surface area (Å²) in [5.74, 6) is 1.80. The smallest absolute Gasteiger partial charge is 0.254 e. The van der Waals surface area contributed by atoms with Crippen molar-refractivity contribution >= 4 is 22.8 Å². The molecule has 4 aromatic rings. The molecule has 2 aromatic carbocycles. The van der Waals surface area contributed by atoms with Crippen molar-refractivity contribution in [2.45, 2.75) is 6.92 Å². The number of fused-ring (bicyclic) bond motifs is 1. The predicted octanol–water partition coefficient (Wildman–Crippen LogP) is 3.09. The highest BCUT2D eigenvalue weighted by Crippen LogP contribution is 2.23. The minimum absolute atomic E-state index is 0.0441. The van der Waals surface area contributed by atoms with Crippen LogP contribution in [-0.4, -0.2) is 56.5 Å². The summed E-state index contributed by atoms with van der Waals surface area (Å²) in [5, 5.41) is 0. The van der Waals surface area contributed by atoms with Crippen LogP contribution in [0.25, 0.3) is 16.7 Å². The fourth-order valence-corrected chi connectivity index (χ4v) is 4.01. The molecule has 1 amide bonds. The maximum absolute atomic E-state index is 13.1. The molecular formula is C23H22N6O. The van der Waals surface area contributed by atoms with Crippen molar-refractivity contribution in [1.82, 2.24) is 24.4 Å². The first-order valence-corrected chi connectivity index (χ1v) is 10.1. The van der Waals surface area contributed by atoms with Crippen LogP contribution >= 0.6 is 0 Å². The third-order valence-corrected chi connectivity index (χ3v) is 5.52. The molecule has 0 N–H and O–H groups in total. The second-order valence-electron chi connectivity index (χ2n) is 7.38. The number of imidazole rings is 1. The molecule has 5 rings (SSSR count). The van der Waals surface area contributed by atoms with E-state index in [0.717, 1.165) is 41.5 Å². The number of para-hydroxylation sites is 1. The van der Waals surface area contributed by atoms with Gasteiger partial charge in [-0.2, -0.15) is 0 Å². The number of hydrogen-bond donors (Lipinski definition) is 0. The number of amides is 1. The van der Waals surface area contributed by atoms with E-state index >= 15 is 0 Å². The number of rotatable bonds is 3. The Kier molecular flexibility index (Phi) is 4.63. The molecule has 0 unspecified atom stereocenters. The lowest BCUT2D eigenvalue weighted by atomic mass is 10.1. The molecule has 150 valence electrons. The first-order chi connectivity index (χ1) is 14.7. The van der Waals surface area contributed by atoms with E-state index in [9.17, 15) is 4.79 Å². The quantitative estimate of drug-likeness (QED) is 0.531. The Bertz CT molecular complexity index is 1180. The van der Waals surface area contributed by atoms with E-state index in [0.29, 0.717) is 18.7 Å². The van der Waals surface area contributed by atoms with Crippen molar-refractivity contribution in [3.63, 3.8) is 0 Å². The van der Waals surface area contributed by atoms with Crippen LogP contribution in [0.15, 0.2) is 67.1 Å².